The summed E-state index contributed by atoms with van der Waals surface area (Å²) in [4.78, 5) is 0. The van der Waals surface area contributed by atoms with Crippen LogP contribution in [0.15, 0.2) is 0 Å². The second-order valence-electron chi connectivity index (χ2n) is 4.74. The molecule has 1 heterocycles. The first-order chi connectivity index (χ1) is 7.54. The molecule has 1 saturated heterocycles. The van der Waals surface area contributed by atoms with Crippen LogP contribution in [0.4, 0.5) is 13.2 Å². The van der Waals surface area contributed by atoms with Gasteiger partial charge in [-0.25, -0.2) is 0 Å². The Kier molecular flexibility index (Phi) is 5.59. The van der Waals surface area contributed by atoms with Crippen LogP contribution in [0, 0.1) is 0 Å². The lowest BCUT2D eigenvalue weighted by atomic mass is 9.94. The van der Waals surface area contributed by atoms with Crippen LogP contribution in [0.3, 0.4) is 0 Å². The number of nitrogens with one attached hydrogen (secondary N) is 1. The summed E-state index contributed by atoms with van der Waals surface area (Å²) in [5.41, 5.74) is 0. The van der Waals surface area contributed by atoms with Crippen molar-refractivity contribution in [2.75, 3.05) is 0 Å². The standard InChI is InChI=1S/C12H22F3N/c1-2-3-4-5-7-10-8-6-9-11(16-10)12(13,14)15/h10-11,16H,2-9H2,1H3. The summed E-state index contributed by atoms with van der Waals surface area (Å²) in [5.74, 6) is 0. The molecule has 2 atom stereocenters. The third-order valence-corrected chi connectivity index (χ3v) is 3.28. The Balaban J connectivity index is 2.23. The van der Waals surface area contributed by atoms with Crippen molar-refractivity contribution in [2.45, 2.75) is 76.6 Å². The summed E-state index contributed by atoms with van der Waals surface area (Å²) in [5, 5.41) is 2.75. The maximum atomic E-state index is 12.5. The second-order valence-corrected chi connectivity index (χ2v) is 4.74. The van der Waals surface area contributed by atoms with Gasteiger partial charge in [-0.2, -0.15) is 13.2 Å². The van der Waals surface area contributed by atoms with E-state index in [4.69, 9.17) is 0 Å². The summed E-state index contributed by atoms with van der Waals surface area (Å²) in [6, 6.07) is -1.19. The summed E-state index contributed by atoms with van der Waals surface area (Å²) >= 11 is 0. The first-order valence-corrected chi connectivity index (χ1v) is 6.36. The highest BCUT2D eigenvalue weighted by Crippen LogP contribution is 2.28. The van der Waals surface area contributed by atoms with Gasteiger partial charge in [0.2, 0.25) is 0 Å². The van der Waals surface area contributed by atoms with Gasteiger partial charge in [0.25, 0.3) is 0 Å². The highest BCUT2D eigenvalue weighted by atomic mass is 19.4. The zero-order chi connectivity index (χ0) is 12.0. The predicted octanol–water partition coefficient (Wildman–Crippen LogP) is 4.03. The number of unbranched alkanes of at least 4 members (excludes halogenated alkanes) is 3. The molecule has 0 spiro atoms. The van der Waals surface area contributed by atoms with E-state index < -0.39 is 12.2 Å². The van der Waals surface area contributed by atoms with E-state index in [1.807, 2.05) is 0 Å². The molecule has 0 bridgehead atoms. The van der Waals surface area contributed by atoms with E-state index >= 15 is 0 Å². The monoisotopic (exact) mass is 237 g/mol. The molecule has 1 N–H and O–H groups in total. The molecule has 0 saturated carbocycles. The van der Waals surface area contributed by atoms with Gasteiger partial charge in [-0.15, -0.1) is 0 Å². The maximum Gasteiger partial charge on any atom is 0.403 e. The molecule has 0 aromatic rings. The third kappa shape index (κ3) is 4.73. The van der Waals surface area contributed by atoms with Crippen molar-refractivity contribution in [1.29, 1.82) is 0 Å². The molecule has 1 aliphatic heterocycles. The van der Waals surface area contributed by atoms with Gasteiger partial charge in [0, 0.05) is 6.04 Å². The Morgan fingerprint density at radius 3 is 2.50 bits per heavy atom. The number of hydrogen-bond donors (Lipinski definition) is 1. The Morgan fingerprint density at radius 2 is 1.88 bits per heavy atom. The first-order valence-electron chi connectivity index (χ1n) is 6.36. The predicted molar refractivity (Wildman–Crippen MR) is 59.4 cm³/mol. The molecule has 16 heavy (non-hydrogen) atoms. The van der Waals surface area contributed by atoms with Gasteiger partial charge in [-0.05, 0) is 19.3 Å². The number of rotatable bonds is 5. The van der Waals surface area contributed by atoms with E-state index in [0.717, 1.165) is 25.7 Å². The first kappa shape index (κ1) is 13.8. The van der Waals surface area contributed by atoms with Crippen LogP contribution in [-0.4, -0.2) is 18.3 Å². The molecule has 0 aromatic heterocycles. The van der Waals surface area contributed by atoms with Gasteiger partial charge in [0.1, 0.15) is 6.04 Å². The highest BCUT2D eigenvalue weighted by molar-refractivity contribution is 4.84. The molecule has 0 amide bonds. The van der Waals surface area contributed by atoms with Gasteiger partial charge in [0.15, 0.2) is 0 Å². The minimum atomic E-state index is -4.07. The van der Waals surface area contributed by atoms with Gasteiger partial charge >= 0.3 is 6.18 Å². The lowest BCUT2D eigenvalue weighted by Gasteiger charge is -2.32. The van der Waals surface area contributed by atoms with Crippen molar-refractivity contribution in [3.8, 4) is 0 Å². The molecule has 1 rings (SSSR count). The average Bonchev–Trinajstić information content (AvgIpc) is 2.24. The summed E-state index contributed by atoms with van der Waals surface area (Å²) in [6.07, 6.45) is 3.23. The summed E-state index contributed by atoms with van der Waals surface area (Å²) < 4.78 is 37.5. The largest absolute Gasteiger partial charge is 0.403 e. The fourth-order valence-electron chi connectivity index (χ4n) is 2.32. The highest BCUT2D eigenvalue weighted by Gasteiger charge is 2.41. The molecule has 0 aliphatic carbocycles. The minimum Gasteiger partial charge on any atom is -0.303 e. The maximum absolute atomic E-state index is 12.5. The molecule has 0 radical (unpaired) electrons. The fourth-order valence-corrected chi connectivity index (χ4v) is 2.32. The molecule has 96 valence electrons. The third-order valence-electron chi connectivity index (χ3n) is 3.28. The molecular formula is C12H22F3N. The van der Waals surface area contributed by atoms with E-state index in [-0.39, 0.29) is 12.5 Å². The summed E-state index contributed by atoms with van der Waals surface area (Å²) in [6.45, 7) is 2.14. The van der Waals surface area contributed by atoms with E-state index in [9.17, 15) is 13.2 Å². The molecule has 4 heteroatoms. The van der Waals surface area contributed by atoms with Crippen LogP contribution in [0.5, 0.6) is 0 Å². The van der Waals surface area contributed by atoms with Crippen LogP contribution < -0.4 is 5.32 Å². The number of piperidine rings is 1. The van der Waals surface area contributed by atoms with Crippen LogP contribution in [-0.2, 0) is 0 Å². The minimum absolute atomic E-state index is 0.0808. The fraction of sp³-hybridized carbons (Fsp3) is 1.00. The van der Waals surface area contributed by atoms with Crippen molar-refractivity contribution in [3.63, 3.8) is 0 Å². The van der Waals surface area contributed by atoms with E-state index in [1.165, 1.54) is 12.8 Å². The molecule has 1 fully saturated rings. The number of alkyl halides is 3. The average molecular weight is 237 g/mol. The van der Waals surface area contributed by atoms with Gasteiger partial charge in [0.05, 0.1) is 0 Å². The lowest BCUT2D eigenvalue weighted by Crippen LogP contribution is -2.50. The van der Waals surface area contributed by atoms with E-state index in [2.05, 4.69) is 12.2 Å². The van der Waals surface area contributed by atoms with Crippen molar-refractivity contribution in [2.24, 2.45) is 0 Å². The molecule has 1 aliphatic rings. The van der Waals surface area contributed by atoms with Crippen LogP contribution in [0.2, 0.25) is 0 Å². The SMILES string of the molecule is CCCCCCC1CCCC(C(F)(F)F)N1. The van der Waals surface area contributed by atoms with Gasteiger partial charge in [-0.3, -0.25) is 0 Å². The summed E-state index contributed by atoms with van der Waals surface area (Å²) in [7, 11) is 0. The van der Waals surface area contributed by atoms with Crippen LogP contribution in [0.1, 0.15) is 58.3 Å². The number of halogens is 3. The number of hydrogen-bond acceptors (Lipinski definition) is 1. The molecule has 1 nitrogen and oxygen atoms in total. The Bertz CT molecular complexity index is 191. The molecule has 0 aromatic carbocycles. The van der Waals surface area contributed by atoms with Gasteiger partial charge < -0.3 is 5.32 Å². The Hall–Kier alpha value is -0.250. The smallest absolute Gasteiger partial charge is 0.303 e. The lowest BCUT2D eigenvalue weighted by molar-refractivity contribution is -0.163. The van der Waals surface area contributed by atoms with Crippen molar-refractivity contribution < 1.29 is 13.2 Å². The second kappa shape index (κ2) is 6.48. The Labute approximate surface area is 95.8 Å². The quantitative estimate of drug-likeness (QED) is 0.712. The topological polar surface area (TPSA) is 12.0 Å². The zero-order valence-corrected chi connectivity index (χ0v) is 9.95. The van der Waals surface area contributed by atoms with Crippen molar-refractivity contribution in [1.82, 2.24) is 5.32 Å². The van der Waals surface area contributed by atoms with Crippen LogP contribution >= 0.6 is 0 Å². The molecular weight excluding hydrogens is 215 g/mol. The van der Waals surface area contributed by atoms with Crippen molar-refractivity contribution in [3.05, 3.63) is 0 Å². The Morgan fingerprint density at radius 1 is 1.12 bits per heavy atom. The van der Waals surface area contributed by atoms with E-state index in [0.29, 0.717) is 6.42 Å². The van der Waals surface area contributed by atoms with Crippen LogP contribution in [0.25, 0.3) is 0 Å². The zero-order valence-electron chi connectivity index (χ0n) is 9.95. The normalized spacial score (nSPS) is 27.0. The van der Waals surface area contributed by atoms with Gasteiger partial charge in [-0.1, -0.05) is 39.0 Å². The molecule has 2 unspecified atom stereocenters. The van der Waals surface area contributed by atoms with Crippen molar-refractivity contribution >= 4 is 0 Å². The van der Waals surface area contributed by atoms with E-state index in [1.54, 1.807) is 0 Å².